The Bertz CT molecular complexity index is 567. The predicted octanol–water partition coefficient (Wildman–Crippen LogP) is 3.62. The SMILES string of the molecule is CS(C)=C(C(=O)c1ccccc1)c1ccccc1. The van der Waals surface area contributed by atoms with Crippen molar-refractivity contribution in [3.63, 3.8) is 0 Å². The lowest BCUT2D eigenvalue weighted by Gasteiger charge is -2.10. The van der Waals surface area contributed by atoms with E-state index in [4.69, 9.17) is 0 Å². The van der Waals surface area contributed by atoms with Gasteiger partial charge in [-0.15, -0.1) is 0 Å². The molecule has 2 heteroatoms. The molecule has 0 aliphatic rings. The summed E-state index contributed by atoms with van der Waals surface area (Å²) < 4.78 is 0. The summed E-state index contributed by atoms with van der Waals surface area (Å²) in [7, 11) is -0.0678. The lowest BCUT2D eigenvalue weighted by molar-refractivity contribution is 0.106. The molecule has 0 radical (unpaired) electrons. The smallest absolute Gasteiger partial charge is 0.199 e. The molecule has 2 rings (SSSR count). The maximum absolute atomic E-state index is 12.6. The van der Waals surface area contributed by atoms with Crippen LogP contribution in [-0.4, -0.2) is 23.2 Å². The first kappa shape index (κ1) is 12.8. The summed E-state index contributed by atoms with van der Waals surface area (Å²) in [5, 5.41) is 0. The van der Waals surface area contributed by atoms with Crippen LogP contribution in [0, 0.1) is 0 Å². The van der Waals surface area contributed by atoms with E-state index >= 15 is 0 Å². The van der Waals surface area contributed by atoms with Gasteiger partial charge in [0.1, 0.15) is 0 Å². The van der Waals surface area contributed by atoms with E-state index < -0.39 is 0 Å². The van der Waals surface area contributed by atoms with Gasteiger partial charge in [-0.05, 0) is 18.1 Å². The Balaban J connectivity index is 2.47. The number of hydrogen-bond donors (Lipinski definition) is 0. The predicted molar refractivity (Wildman–Crippen MR) is 80.8 cm³/mol. The standard InChI is InChI=1S/C16H16OS/c1-18(2)16(14-11-7-4-8-12-14)15(17)13-9-5-3-6-10-13/h3-12H,1-2H3. The molecule has 0 aliphatic heterocycles. The third-order valence-corrected chi connectivity index (χ3v) is 3.92. The highest BCUT2D eigenvalue weighted by Gasteiger charge is 2.14. The van der Waals surface area contributed by atoms with Crippen LogP contribution < -0.4 is 0 Å². The van der Waals surface area contributed by atoms with Gasteiger partial charge in [0, 0.05) is 5.56 Å². The Kier molecular flexibility index (Phi) is 4.11. The van der Waals surface area contributed by atoms with Gasteiger partial charge in [0.25, 0.3) is 0 Å². The molecule has 0 heterocycles. The number of Topliss-reactive ketones (excluding diaryl/α,β-unsaturated/α-hetero) is 1. The molecular formula is C16H16OS. The number of carbonyl (C=O) groups excluding carboxylic acids is 1. The lowest BCUT2D eigenvalue weighted by Crippen LogP contribution is -2.15. The van der Waals surface area contributed by atoms with Crippen molar-refractivity contribution in [2.24, 2.45) is 0 Å². The van der Waals surface area contributed by atoms with Gasteiger partial charge < -0.3 is 0 Å². The summed E-state index contributed by atoms with van der Waals surface area (Å²) in [5.41, 5.74) is 1.79. The fraction of sp³-hybridized carbons (Fsp3) is 0.125. The molecular weight excluding hydrogens is 240 g/mol. The third kappa shape index (κ3) is 2.77. The van der Waals surface area contributed by atoms with Crippen LogP contribution in [0.4, 0.5) is 0 Å². The second-order valence-corrected chi connectivity index (χ2v) is 6.25. The van der Waals surface area contributed by atoms with E-state index in [0.717, 1.165) is 16.0 Å². The van der Waals surface area contributed by atoms with Crippen LogP contribution in [-0.2, 0) is 0 Å². The molecule has 0 atom stereocenters. The van der Waals surface area contributed by atoms with E-state index in [2.05, 4.69) is 12.5 Å². The van der Waals surface area contributed by atoms with Gasteiger partial charge in [-0.1, -0.05) is 60.7 Å². The quantitative estimate of drug-likeness (QED) is 0.605. The molecule has 0 aliphatic carbocycles. The van der Waals surface area contributed by atoms with Crippen LogP contribution in [0.1, 0.15) is 15.9 Å². The van der Waals surface area contributed by atoms with Gasteiger partial charge >= 0.3 is 0 Å². The Labute approximate surface area is 110 Å². The normalized spacial score (nSPS) is 10.4. The minimum atomic E-state index is -0.0678. The molecule has 0 aromatic heterocycles. The minimum absolute atomic E-state index is 0.0678. The molecule has 2 aromatic rings. The van der Waals surface area contributed by atoms with Crippen molar-refractivity contribution in [3.8, 4) is 0 Å². The number of hydrogen-bond acceptors (Lipinski definition) is 1. The summed E-state index contributed by atoms with van der Waals surface area (Å²) in [6.45, 7) is 0. The van der Waals surface area contributed by atoms with E-state index in [0.29, 0.717) is 0 Å². The number of rotatable bonds is 3. The van der Waals surface area contributed by atoms with Crippen LogP contribution in [0.5, 0.6) is 0 Å². The molecule has 2 aromatic carbocycles. The van der Waals surface area contributed by atoms with E-state index in [1.807, 2.05) is 60.7 Å². The van der Waals surface area contributed by atoms with E-state index in [9.17, 15) is 4.79 Å². The fourth-order valence-electron chi connectivity index (χ4n) is 1.86. The molecule has 18 heavy (non-hydrogen) atoms. The van der Waals surface area contributed by atoms with Crippen molar-refractivity contribution < 1.29 is 4.79 Å². The maximum Gasteiger partial charge on any atom is 0.199 e. The zero-order chi connectivity index (χ0) is 13.0. The summed E-state index contributed by atoms with van der Waals surface area (Å²) in [6.07, 6.45) is 4.17. The topological polar surface area (TPSA) is 17.1 Å². The van der Waals surface area contributed by atoms with Gasteiger partial charge in [-0.25, -0.2) is 0 Å². The number of ketones is 1. The highest BCUT2D eigenvalue weighted by atomic mass is 32.2. The van der Waals surface area contributed by atoms with Gasteiger partial charge in [0.05, 0.1) is 4.86 Å². The fourth-order valence-corrected chi connectivity index (χ4v) is 2.96. The van der Waals surface area contributed by atoms with Crippen molar-refractivity contribution in [1.82, 2.24) is 0 Å². The Morgan fingerprint density at radius 2 is 1.22 bits per heavy atom. The van der Waals surface area contributed by atoms with Gasteiger partial charge in [-0.2, -0.15) is 10.5 Å². The highest BCUT2D eigenvalue weighted by Crippen LogP contribution is 2.16. The molecule has 92 valence electrons. The Morgan fingerprint density at radius 3 is 1.67 bits per heavy atom. The second kappa shape index (κ2) is 5.78. The molecule has 0 bridgehead atoms. The molecule has 0 saturated heterocycles. The van der Waals surface area contributed by atoms with Crippen LogP contribution in [0.2, 0.25) is 0 Å². The molecule has 0 fully saturated rings. The van der Waals surface area contributed by atoms with Crippen molar-refractivity contribution in [2.75, 3.05) is 12.5 Å². The van der Waals surface area contributed by atoms with Crippen molar-refractivity contribution in [1.29, 1.82) is 0 Å². The molecule has 0 amide bonds. The summed E-state index contributed by atoms with van der Waals surface area (Å²) >= 11 is 0. The first-order valence-electron chi connectivity index (χ1n) is 5.80. The van der Waals surface area contributed by atoms with Crippen LogP contribution in [0.25, 0.3) is 0 Å². The third-order valence-electron chi connectivity index (χ3n) is 2.69. The minimum Gasteiger partial charge on any atom is -0.288 e. The van der Waals surface area contributed by atoms with Crippen LogP contribution in [0.3, 0.4) is 0 Å². The first-order valence-corrected chi connectivity index (χ1v) is 7.84. The molecule has 0 unspecified atom stereocenters. The average molecular weight is 256 g/mol. The van der Waals surface area contributed by atoms with Crippen molar-refractivity contribution in [2.45, 2.75) is 0 Å². The highest BCUT2D eigenvalue weighted by molar-refractivity contribution is 8.16. The summed E-state index contributed by atoms with van der Waals surface area (Å²) in [6, 6.07) is 19.4. The van der Waals surface area contributed by atoms with Crippen molar-refractivity contribution >= 4 is 21.1 Å². The summed E-state index contributed by atoms with van der Waals surface area (Å²) in [4.78, 5) is 13.5. The monoisotopic (exact) mass is 256 g/mol. The molecule has 0 saturated carbocycles. The Hall–Kier alpha value is -1.67. The molecule has 0 N–H and O–H groups in total. The van der Waals surface area contributed by atoms with Crippen LogP contribution in [0.15, 0.2) is 60.7 Å². The van der Waals surface area contributed by atoms with E-state index in [-0.39, 0.29) is 16.3 Å². The van der Waals surface area contributed by atoms with Gasteiger partial charge in [-0.3, -0.25) is 4.79 Å². The van der Waals surface area contributed by atoms with E-state index in [1.165, 1.54) is 0 Å². The summed E-state index contributed by atoms with van der Waals surface area (Å²) in [5.74, 6) is 0.134. The van der Waals surface area contributed by atoms with Crippen molar-refractivity contribution in [3.05, 3.63) is 71.8 Å². The second-order valence-electron chi connectivity index (χ2n) is 4.21. The molecule has 1 nitrogen and oxygen atoms in total. The zero-order valence-corrected chi connectivity index (χ0v) is 11.4. The lowest BCUT2D eigenvalue weighted by atomic mass is 10.0. The number of benzene rings is 2. The largest absolute Gasteiger partial charge is 0.288 e. The first-order chi connectivity index (χ1) is 8.70. The maximum atomic E-state index is 12.6. The Morgan fingerprint density at radius 1 is 0.778 bits per heavy atom. The average Bonchev–Trinajstić information content (AvgIpc) is 2.40. The number of carbonyl (C=O) groups is 1. The molecule has 0 spiro atoms. The zero-order valence-electron chi connectivity index (χ0n) is 10.6. The van der Waals surface area contributed by atoms with Gasteiger partial charge in [0.15, 0.2) is 5.78 Å². The van der Waals surface area contributed by atoms with E-state index in [1.54, 1.807) is 0 Å². The van der Waals surface area contributed by atoms with Gasteiger partial charge in [0.2, 0.25) is 0 Å². The van der Waals surface area contributed by atoms with Crippen LogP contribution >= 0.6 is 10.5 Å².